The van der Waals surface area contributed by atoms with E-state index in [2.05, 4.69) is 10.5 Å². The van der Waals surface area contributed by atoms with Crippen molar-refractivity contribution in [3.8, 4) is 0 Å². The molecule has 1 saturated carbocycles. The van der Waals surface area contributed by atoms with E-state index in [4.69, 9.17) is 9.26 Å². The first kappa shape index (κ1) is 13.1. The molecule has 0 aromatic carbocycles. The van der Waals surface area contributed by atoms with Crippen molar-refractivity contribution in [1.82, 2.24) is 5.16 Å². The summed E-state index contributed by atoms with van der Waals surface area (Å²) in [4.78, 5) is 24.7. The minimum absolute atomic E-state index is 0.291. The van der Waals surface area contributed by atoms with E-state index in [1.54, 1.807) is 13.0 Å². The molecule has 2 bridgehead atoms. The summed E-state index contributed by atoms with van der Waals surface area (Å²) in [6, 6.07) is 1.63. The predicted molar refractivity (Wildman–Crippen MR) is 69.8 cm³/mol. The van der Waals surface area contributed by atoms with Crippen LogP contribution in [0.5, 0.6) is 0 Å². The van der Waals surface area contributed by atoms with Crippen LogP contribution in [0, 0.1) is 17.8 Å². The van der Waals surface area contributed by atoms with Gasteiger partial charge in [-0.05, 0) is 26.7 Å². The van der Waals surface area contributed by atoms with Crippen LogP contribution in [0.2, 0.25) is 0 Å². The van der Waals surface area contributed by atoms with Gasteiger partial charge >= 0.3 is 5.97 Å². The Morgan fingerprint density at radius 1 is 1.35 bits per heavy atom. The van der Waals surface area contributed by atoms with E-state index in [-0.39, 0.29) is 11.9 Å². The summed E-state index contributed by atoms with van der Waals surface area (Å²) in [5.41, 5.74) is -2.28. The third-order valence-electron chi connectivity index (χ3n) is 5.32. The molecular weight excluding hydrogens is 260 g/mol. The van der Waals surface area contributed by atoms with Crippen LogP contribution in [-0.4, -0.2) is 22.6 Å². The number of rotatable bonds is 2. The maximum Gasteiger partial charge on any atom is 0.313 e. The molecule has 1 amide bonds. The standard InChI is InChI=1S/C14H18N2O4/c1-8-7-9(16-20-8)15-10(17)14-6-5-13(4,11(18)19-14)12(14,2)3/h7H,5-6H2,1-4H3,(H,15,16,17)/t13-,14-/m1/s1. The molecule has 108 valence electrons. The van der Waals surface area contributed by atoms with Crippen LogP contribution in [0.3, 0.4) is 0 Å². The van der Waals surface area contributed by atoms with Gasteiger partial charge in [-0.2, -0.15) is 0 Å². The first-order valence-electron chi connectivity index (χ1n) is 6.71. The number of carbonyl (C=O) groups is 2. The van der Waals surface area contributed by atoms with E-state index >= 15 is 0 Å². The molecule has 2 atom stereocenters. The smallest absolute Gasteiger partial charge is 0.313 e. The van der Waals surface area contributed by atoms with Gasteiger partial charge in [0.2, 0.25) is 0 Å². The highest BCUT2D eigenvalue weighted by Gasteiger charge is 2.75. The lowest BCUT2D eigenvalue weighted by atomic mass is 9.66. The van der Waals surface area contributed by atoms with E-state index < -0.39 is 16.4 Å². The second-order valence-corrected chi connectivity index (χ2v) is 6.45. The third-order valence-corrected chi connectivity index (χ3v) is 5.32. The fourth-order valence-electron chi connectivity index (χ4n) is 3.39. The normalized spacial score (nSPS) is 34.1. The molecule has 1 N–H and O–H groups in total. The van der Waals surface area contributed by atoms with Crippen molar-refractivity contribution in [2.24, 2.45) is 10.8 Å². The first-order chi connectivity index (χ1) is 9.23. The number of esters is 1. The van der Waals surface area contributed by atoms with E-state index in [9.17, 15) is 9.59 Å². The van der Waals surface area contributed by atoms with Gasteiger partial charge in [0.15, 0.2) is 11.4 Å². The molecule has 1 aliphatic heterocycles. The van der Waals surface area contributed by atoms with Crippen molar-refractivity contribution in [3.05, 3.63) is 11.8 Å². The lowest BCUT2D eigenvalue weighted by molar-refractivity contribution is -0.165. The highest BCUT2D eigenvalue weighted by molar-refractivity contribution is 6.02. The van der Waals surface area contributed by atoms with Gasteiger partial charge in [-0.1, -0.05) is 19.0 Å². The molecule has 1 aromatic rings. The zero-order valence-electron chi connectivity index (χ0n) is 12.1. The summed E-state index contributed by atoms with van der Waals surface area (Å²) in [5.74, 6) is 0.330. The summed E-state index contributed by atoms with van der Waals surface area (Å²) < 4.78 is 10.4. The summed E-state index contributed by atoms with van der Waals surface area (Å²) in [6.45, 7) is 7.45. The molecule has 20 heavy (non-hydrogen) atoms. The summed E-state index contributed by atoms with van der Waals surface area (Å²) in [7, 11) is 0. The van der Waals surface area contributed by atoms with Crippen LogP contribution >= 0.6 is 0 Å². The Labute approximate surface area is 116 Å². The van der Waals surface area contributed by atoms with Crippen LogP contribution < -0.4 is 5.32 Å². The van der Waals surface area contributed by atoms with Crippen molar-refractivity contribution >= 4 is 17.7 Å². The number of aryl methyl sites for hydroxylation is 1. The molecule has 1 aromatic heterocycles. The van der Waals surface area contributed by atoms with Crippen molar-refractivity contribution in [2.75, 3.05) is 5.32 Å². The quantitative estimate of drug-likeness (QED) is 0.837. The predicted octanol–water partition coefficient (Wildman–Crippen LogP) is 2.04. The number of aromatic nitrogens is 1. The van der Waals surface area contributed by atoms with E-state index in [0.29, 0.717) is 24.4 Å². The lowest BCUT2D eigenvalue weighted by Gasteiger charge is -2.35. The molecule has 0 spiro atoms. The molecule has 3 rings (SSSR count). The molecule has 6 heteroatoms. The zero-order chi connectivity index (χ0) is 14.8. The SMILES string of the molecule is Cc1cc(NC(=O)[C@@]23CC[C@](C)(C(=O)O2)C3(C)C)no1. The Morgan fingerprint density at radius 3 is 2.50 bits per heavy atom. The summed E-state index contributed by atoms with van der Waals surface area (Å²) >= 11 is 0. The average Bonchev–Trinajstić information content (AvgIpc) is 2.89. The number of carbonyl (C=O) groups excluding carboxylic acids is 2. The van der Waals surface area contributed by atoms with Crippen LogP contribution in [0.15, 0.2) is 10.6 Å². The van der Waals surface area contributed by atoms with Crippen molar-refractivity contribution in [3.63, 3.8) is 0 Å². The van der Waals surface area contributed by atoms with E-state index in [1.165, 1.54) is 0 Å². The third kappa shape index (κ3) is 1.31. The molecule has 0 unspecified atom stereocenters. The first-order valence-corrected chi connectivity index (χ1v) is 6.71. The number of hydrogen-bond donors (Lipinski definition) is 1. The molecule has 2 heterocycles. The Hall–Kier alpha value is -1.85. The molecule has 1 saturated heterocycles. The number of fused-ring (bicyclic) bond motifs is 2. The number of nitrogens with one attached hydrogen (secondary N) is 1. The van der Waals surface area contributed by atoms with Gasteiger partial charge in [0.1, 0.15) is 5.76 Å². The van der Waals surface area contributed by atoms with Gasteiger partial charge in [-0.3, -0.25) is 9.59 Å². The molecule has 6 nitrogen and oxygen atoms in total. The number of hydrogen-bond acceptors (Lipinski definition) is 5. The second-order valence-electron chi connectivity index (χ2n) is 6.45. The van der Waals surface area contributed by atoms with Gasteiger partial charge in [-0.25, -0.2) is 0 Å². The van der Waals surface area contributed by atoms with E-state index in [1.807, 2.05) is 20.8 Å². The maximum atomic E-state index is 12.6. The van der Waals surface area contributed by atoms with Gasteiger partial charge in [0.25, 0.3) is 5.91 Å². The van der Waals surface area contributed by atoms with Gasteiger partial charge in [0, 0.05) is 11.5 Å². The lowest BCUT2D eigenvalue weighted by Crippen LogP contribution is -2.50. The Balaban J connectivity index is 1.93. The van der Waals surface area contributed by atoms with Crippen LogP contribution in [0.4, 0.5) is 5.82 Å². The Morgan fingerprint density at radius 2 is 2.05 bits per heavy atom. The van der Waals surface area contributed by atoms with E-state index in [0.717, 1.165) is 0 Å². The minimum Gasteiger partial charge on any atom is -0.448 e. The maximum absolute atomic E-state index is 12.6. The van der Waals surface area contributed by atoms with Gasteiger partial charge in [0.05, 0.1) is 5.41 Å². The fourth-order valence-corrected chi connectivity index (χ4v) is 3.39. The summed E-state index contributed by atoms with van der Waals surface area (Å²) in [5, 5.41) is 6.44. The van der Waals surface area contributed by atoms with Crippen molar-refractivity contribution in [1.29, 1.82) is 0 Å². The summed E-state index contributed by atoms with van der Waals surface area (Å²) in [6.07, 6.45) is 1.19. The Kier molecular flexibility index (Phi) is 2.38. The molecule has 2 fully saturated rings. The van der Waals surface area contributed by atoms with Gasteiger partial charge < -0.3 is 14.6 Å². The van der Waals surface area contributed by atoms with Crippen LogP contribution in [0.25, 0.3) is 0 Å². The molecule has 1 aliphatic carbocycles. The van der Waals surface area contributed by atoms with Crippen molar-refractivity contribution in [2.45, 2.75) is 46.1 Å². The average molecular weight is 278 g/mol. The highest BCUT2D eigenvalue weighted by atomic mass is 16.6. The minimum atomic E-state index is -1.12. The van der Waals surface area contributed by atoms with Crippen molar-refractivity contribution < 1.29 is 18.8 Å². The second kappa shape index (κ2) is 3.62. The monoisotopic (exact) mass is 278 g/mol. The largest absolute Gasteiger partial charge is 0.448 e. The topological polar surface area (TPSA) is 81.4 Å². The number of nitrogens with zero attached hydrogens (tertiary/aromatic N) is 1. The molecular formula is C14H18N2O4. The number of ether oxygens (including phenoxy) is 1. The zero-order valence-corrected chi connectivity index (χ0v) is 12.1. The van der Waals surface area contributed by atoms with Crippen LogP contribution in [-0.2, 0) is 14.3 Å². The number of anilines is 1. The fraction of sp³-hybridized carbons (Fsp3) is 0.643. The Bertz CT molecular complexity index is 606. The van der Waals surface area contributed by atoms with Gasteiger partial charge in [-0.15, -0.1) is 0 Å². The molecule has 0 radical (unpaired) electrons. The highest BCUT2D eigenvalue weighted by Crippen LogP contribution is 2.65. The molecule has 2 aliphatic rings. The van der Waals surface area contributed by atoms with Crippen LogP contribution in [0.1, 0.15) is 39.4 Å². The number of amides is 1.